The van der Waals surface area contributed by atoms with E-state index in [9.17, 15) is 4.39 Å². The number of hydrogen-bond acceptors (Lipinski definition) is 3. The third kappa shape index (κ3) is 3.09. The van der Waals surface area contributed by atoms with Crippen molar-refractivity contribution in [3.63, 3.8) is 0 Å². The van der Waals surface area contributed by atoms with Gasteiger partial charge in [0, 0.05) is 16.6 Å². The van der Waals surface area contributed by atoms with Crippen LogP contribution in [0, 0.1) is 17.1 Å². The van der Waals surface area contributed by atoms with Gasteiger partial charge in [-0.05, 0) is 24.3 Å². The fourth-order valence-corrected chi connectivity index (χ4v) is 2.16. The predicted molar refractivity (Wildman–Crippen MR) is 79.1 cm³/mol. The second-order valence-electron chi connectivity index (χ2n) is 4.08. The second-order valence-corrected chi connectivity index (χ2v) is 5.00. The monoisotopic (exact) mass is 334 g/mol. The maximum atomic E-state index is 13.8. The molecule has 0 spiro atoms. The summed E-state index contributed by atoms with van der Waals surface area (Å²) in [5.41, 5.74) is 1.55. The molecule has 0 unspecified atom stereocenters. The van der Waals surface area contributed by atoms with E-state index in [1.807, 2.05) is 0 Å². The number of nitriles is 1. The molecule has 3 nitrogen and oxygen atoms in total. The molecule has 2 aromatic carbocycles. The molecule has 0 bridgehead atoms. The van der Waals surface area contributed by atoms with Gasteiger partial charge in [0.2, 0.25) is 0 Å². The predicted octanol–water partition coefficient (Wildman–Crippen LogP) is 4.08. The summed E-state index contributed by atoms with van der Waals surface area (Å²) in [7, 11) is 1.53. The van der Waals surface area contributed by atoms with Gasteiger partial charge >= 0.3 is 0 Å². The first-order chi connectivity index (χ1) is 9.65. The van der Waals surface area contributed by atoms with Crippen molar-refractivity contribution >= 4 is 21.6 Å². The molecule has 2 rings (SSSR count). The van der Waals surface area contributed by atoms with E-state index in [-0.39, 0.29) is 12.4 Å². The van der Waals surface area contributed by atoms with Gasteiger partial charge in [-0.3, -0.25) is 0 Å². The van der Waals surface area contributed by atoms with Gasteiger partial charge in [0.1, 0.15) is 17.6 Å². The van der Waals surface area contributed by atoms with Gasteiger partial charge in [0.15, 0.2) is 0 Å². The minimum absolute atomic E-state index is 0.272. The molecule has 0 amide bonds. The minimum atomic E-state index is -0.305. The molecule has 0 fully saturated rings. The molecular weight excluding hydrogens is 323 g/mol. The van der Waals surface area contributed by atoms with Crippen LogP contribution in [-0.4, -0.2) is 7.11 Å². The van der Waals surface area contributed by atoms with Crippen LogP contribution in [0.1, 0.15) is 11.1 Å². The number of rotatable bonds is 4. The van der Waals surface area contributed by atoms with E-state index >= 15 is 0 Å². The number of halogens is 2. The molecule has 0 aliphatic heterocycles. The summed E-state index contributed by atoms with van der Waals surface area (Å²) in [5.74, 6) is 0.252. The van der Waals surface area contributed by atoms with Crippen molar-refractivity contribution in [3.05, 3.63) is 57.8 Å². The first-order valence-corrected chi connectivity index (χ1v) is 6.70. The average molecular weight is 335 g/mol. The molecule has 2 aromatic rings. The molecule has 0 aliphatic rings. The number of hydrogen-bond donors (Lipinski definition) is 1. The van der Waals surface area contributed by atoms with Crippen LogP contribution in [0.4, 0.5) is 10.1 Å². The summed E-state index contributed by atoms with van der Waals surface area (Å²) in [5, 5.41) is 12.2. The highest BCUT2D eigenvalue weighted by molar-refractivity contribution is 9.10. The van der Waals surface area contributed by atoms with Crippen molar-refractivity contribution in [3.8, 4) is 11.8 Å². The van der Waals surface area contributed by atoms with Crippen LogP contribution in [-0.2, 0) is 6.54 Å². The van der Waals surface area contributed by atoms with Gasteiger partial charge in [-0.15, -0.1) is 0 Å². The van der Waals surface area contributed by atoms with Crippen LogP contribution in [0.15, 0.2) is 40.9 Å². The smallest absolute Gasteiger partial charge is 0.143 e. The maximum absolute atomic E-state index is 13.8. The molecule has 0 radical (unpaired) electrons. The van der Waals surface area contributed by atoms with Crippen molar-refractivity contribution in [1.29, 1.82) is 5.26 Å². The Kier molecular flexibility index (Phi) is 4.59. The number of para-hydroxylation sites is 1. The fourth-order valence-electron chi connectivity index (χ4n) is 1.83. The normalized spacial score (nSPS) is 9.90. The molecule has 20 heavy (non-hydrogen) atoms. The topological polar surface area (TPSA) is 45.0 Å². The first-order valence-electron chi connectivity index (χ1n) is 5.90. The minimum Gasteiger partial charge on any atom is -0.495 e. The lowest BCUT2D eigenvalue weighted by Gasteiger charge is -2.13. The van der Waals surface area contributed by atoms with Crippen LogP contribution in [0.2, 0.25) is 0 Å². The van der Waals surface area contributed by atoms with E-state index in [2.05, 4.69) is 27.3 Å². The Balaban J connectivity index is 2.25. The van der Waals surface area contributed by atoms with Crippen molar-refractivity contribution in [2.24, 2.45) is 0 Å². The van der Waals surface area contributed by atoms with Gasteiger partial charge in [-0.1, -0.05) is 28.1 Å². The number of anilines is 1. The zero-order valence-corrected chi connectivity index (χ0v) is 12.4. The molecule has 0 atom stereocenters. The zero-order chi connectivity index (χ0) is 14.5. The van der Waals surface area contributed by atoms with Gasteiger partial charge in [0.25, 0.3) is 0 Å². The molecule has 0 saturated heterocycles. The molecule has 0 aliphatic carbocycles. The van der Waals surface area contributed by atoms with Crippen molar-refractivity contribution in [2.75, 3.05) is 12.4 Å². The highest BCUT2D eigenvalue weighted by Crippen LogP contribution is 2.28. The van der Waals surface area contributed by atoms with Crippen LogP contribution in [0.25, 0.3) is 0 Å². The zero-order valence-electron chi connectivity index (χ0n) is 10.8. The Morgan fingerprint density at radius 1 is 1.35 bits per heavy atom. The molecule has 0 heterocycles. The van der Waals surface area contributed by atoms with Crippen molar-refractivity contribution < 1.29 is 9.13 Å². The summed E-state index contributed by atoms with van der Waals surface area (Å²) in [4.78, 5) is 0. The highest BCUT2D eigenvalue weighted by Gasteiger charge is 2.09. The van der Waals surface area contributed by atoms with Crippen LogP contribution < -0.4 is 10.1 Å². The molecule has 102 valence electrons. The number of methoxy groups -OCH3 is 1. The Labute approximate surface area is 125 Å². The average Bonchev–Trinajstić information content (AvgIpc) is 2.46. The summed E-state index contributed by atoms with van der Waals surface area (Å²) < 4.78 is 19.7. The van der Waals surface area contributed by atoms with E-state index in [4.69, 9.17) is 10.00 Å². The Morgan fingerprint density at radius 2 is 2.15 bits per heavy atom. The van der Waals surface area contributed by atoms with E-state index in [1.54, 1.807) is 30.3 Å². The second kappa shape index (κ2) is 6.40. The van der Waals surface area contributed by atoms with Crippen LogP contribution in [0.3, 0.4) is 0 Å². The first kappa shape index (κ1) is 14.4. The van der Waals surface area contributed by atoms with E-state index in [0.29, 0.717) is 27.0 Å². The van der Waals surface area contributed by atoms with Crippen LogP contribution >= 0.6 is 15.9 Å². The number of ether oxygens (including phenoxy) is 1. The third-order valence-corrected chi connectivity index (χ3v) is 3.33. The SMILES string of the molecule is COc1cccc(C#N)c1NCc1ccc(Br)cc1F. The van der Waals surface area contributed by atoms with Gasteiger partial charge in [-0.25, -0.2) is 4.39 Å². The molecular formula is C15H12BrFN2O. The standard InChI is InChI=1S/C15H12BrFN2O/c1-20-14-4-2-3-10(8-18)15(14)19-9-11-5-6-12(16)7-13(11)17/h2-7,19H,9H2,1H3. The molecule has 1 N–H and O–H groups in total. The fraction of sp³-hybridized carbons (Fsp3) is 0.133. The highest BCUT2D eigenvalue weighted by atomic mass is 79.9. The quantitative estimate of drug-likeness (QED) is 0.916. The number of benzene rings is 2. The van der Waals surface area contributed by atoms with Gasteiger partial charge in [0.05, 0.1) is 18.4 Å². The maximum Gasteiger partial charge on any atom is 0.143 e. The molecule has 5 heteroatoms. The summed E-state index contributed by atoms with van der Waals surface area (Å²) >= 11 is 3.21. The molecule has 0 aromatic heterocycles. The number of nitrogens with zero attached hydrogens (tertiary/aromatic N) is 1. The van der Waals surface area contributed by atoms with Gasteiger partial charge in [-0.2, -0.15) is 5.26 Å². The summed E-state index contributed by atoms with van der Waals surface area (Å²) in [6.07, 6.45) is 0. The van der Waals surface area contributed by atoms with Crippen molar-refractivity contribution in [2.45, 2.75) is 6.54 Å². The largest absolute Gasteiger partial charge is 0.495 e. The van der Waals surface area contributed by atoms with E-state index < -0.39 is 0 Å². The van der Waals surface area contributed by atoms with Crippen LogP contribution in [0.5, 0.6) is 5.75 Å². The Morgan fingerprint density at radius 3 is 2.80 bits per heavy atom. The summed E-state index contributed by atoms with van der Waals surface area (Å²) in [6, 6.07) is 12.1. The lowest BCUT2D eigenvalue weighted by atomic mass is 10.1. The Bertz CT molecular complexity index is 667. The lowest BCUT2D eigenvalue weighted by molar-refractivity contribution is 0.416. The Hall–Kier alpha value is -2.06. The summed E-state index contributed by atoms with van der Waals surface area (Å²) in [6.45, 7) is 0.272. The molecule has 0 saturated carbocycles. The van der Waals surface area contributed by atoms with E-state index in [1.165, 1.54) is 13.2 Å². The lowest BCUT2D eigenvalue weighted by Crippen LogP contribution is -2.05. The van der Waals surface area contributed by atoms with Crippen molar-refractivity contribution in [1.82, 2.24) is 0 Å². The number of nitrogens with one attached hydrogen (secondary N) is 1. The third-order valence-electron chi connectivity index (χ3n) is 2.84. The van der Waals surface area contributed by atoms with Gasteiger partial charge < -0.3 is 10.1 Å². The van der Waals surface area contributed by atoms with E-state index in [0.717, 1.165) is 0 Å².